The highest BCUT2D eigenvalue weighted by molar-refractivity contribution is 5.82. The highest BCUT2D eigenvalue weighted by atomic mass is 19.1. The third-order valence-corrected chi connectivity index (χ3v) is 6.60. The Kier molecular flexibility index (Phi) is 6.58. The van der Waals surface area contributed by atoms with Crippen molar-refractivity contribution in [3.63, 3.8) is 0 Å². The Morgan fingerprint density at radius 2 is 1.88 bits per heavy atom. The molecule has 3 heterocycles. The first-order chi connectivity index (χ1) is 16.5. The minimum Gasteiger partial charge on any atom is -0.387 e. The fourth-order valence-corrected chi connectivity index (χ4v) is 4.96. The van der Waals surface area contributed by atoms with E-state index in [9.17, 15) is 13.9 Å². The summed E-state index contributed by atoms with van der Waals surface area (Å²) in [4.78, 5) is 13.9. The summed E-state index contributed by atoms with van der Waals surface area (Å²) in [5.74, 6) is -0.418. The zero-order valence-corrected chi connectivity index (χ0v) is 19.2. The molecular formula is C25H29F2N5O2. The summed E-state index contributed by atoms with van der Waals surface area (Å²) in [6.45, 7) is 3.84. The van der Waals surface area contributed by atoms with E-state index < -0.39 is 17.7 Å². The number of benzene rings is 2. The van der Waals surface area contributed by atoms with Crippen molar-refractivity contribution in [1.82, 2.24) is 15.3 Å². The van der Waals surface area contributed by atoms with Crippen molar-refractivity contribution in [2.45, 2.75) is 25.0 Å². The number of hydrogen-bond acceptors (Lipinski definition) is 7. The first kappa shape index (κ1) is 22.9. The van der Waals surface area contributed by atoms with Crippen LogP contribution in [0.1, 0.15) is 36.1 Å². The average molecular weight is 470 g/mol. The number of anilines is 2. The van der Waals surface area contributed by atoms with Crippen LogP contribution in [0.4, 0.5) is 20.3 Å². The molecule has 0 radical (unpaired) electrons. The molecule has 2 aliphatic rings. The Morgan fingerprint density at radius 3 is 2.62 bits per heavy atom. The van der Waals surface area contributed by atoms with Gasteiger partial charge in [0.25, 0.3) is 0 Å². The molecule has 0 saturated carbocycles. The molecule has 0 aliphatic carbocycles. The lowest BCUT2D eigenvalue weighted by molar-refractivity contribution is 0.122. The molecule has 2 unspecified atom stereocenters. The summed E-state index contributed by atoms with van der Waals surface area (Å²) in [5.41, 5.74) is 3.59. The number of nitrogens with one attached hydrogen (secondary N) is 1. The van der Waals surface area contributed by atoms with Gasteiger partial charge in [0, 0.05) is 43.5 Å². The molecule has 2 aromatic carbocycles. The van der Waals surface area contributed by atoms with Crippen molar-refractivity contribution < 1.29 is 18.6 Å². The molecule has 0 bridgehead atoms. The number of nitrogens with zero attached hydrogens (tertiary/aromatic N) is 4. The molecule has 3 aromatic rings. The van der Waals surface area contributed by atoms with E-state index in [1.54, 1.807) is 13.2 Å². The van der Waals surface area contributed by atoms with Gasteiger partial charge >= 0.3 is 0 Å². The molecule has 2 fully saturated rings. The zero-order valence-electron chi connectivity index (χ0n) is 19.2. The van der Waals surface area contributed by atoms with E-state index in [0.29, 0.717) is 37.5 Å². The van der Waals surface area contributed by atoms with Crippen LogP contribution in [0.3, 0.4) is 0 Å². The van der Waals surface area contributed by atoms with Gasteiger partial charge in [0.1, 0.15) is 17.5 Å². The molecular weight excluding hydrogens is 440 g/mol. The summed E-state index contributed by atoms with van der Waals surface area (Å²) < 4.78 is 33.5. The third kappa shape index (κ3) is 4.55. The number of hydrogen-bond donors (Lipinski definition) is 2. The smallest absolute Gasteiger partial charge is 0.148 e. The van der Waals surface area contributed by atoms with Gasteiger partial charge < -0.3 is 25.0 Å². The van der Waals surface area contributed by atoms with Crippen LogP contribution < -0.4 is 15.1 Å². The van der Waals surface area contributed by atoms with Crippen molar-refractivity contribution >= 4 is 22.5 Å². The summed E-state index contributed by atoms with van der Waals surface area (Å²) in [6.07, 6.45) is 2.74. The molecule has 2 N–H and O–H groups in total. The molecule has 5 rings (SSSR count). The van der Waals surface area contributed by atoms with Crippen LogP contribution in [-0.2, 0) is 4.74 Å². The topological polar surface area (TPSA) is 73.8 Å². The summed E-state index contributed by atoms with van der Waals surface area (Å²) in [6, 6.07) is 7.33. The van der Waals surface area contributed by atoms with Gasteiger partial charge in [0.2, 0.25) is 0 Å². The lowest BCUT2D eigenvalue weighted by Gasteiger charge is -2.30. The van der Waals surface area contributed by atoms with Crippen LogP contribution in [0.15, 0.2) is 36.5 Å². The highest BCUT2D eigenvalue weighted by Gasteiger charge is 2.30. The summed E-state index contributed by atoms with van der Waals surface area (Å²) >= 11 is 0. The molecule has 0 amide bonds. The van der Waals surface area contributed by atoms with Gasteiger partial charge in [0.05, 0.1) is 42.6 Å². The Bertz CT molecular complexity index is 1150. The number of ether oxygens (including phenoxy) is 1. The van der Waals surface area contributed by atoms with E-state index >= 15 is 0 Å². The van der Waals surface area contributed by atoms with Gasteiger partial charge in [-0.2, -0.15) is 0 Å². The van der Waals surface area contributed by atoms with Crippen molar-refractivity contribution in [2.75, 3.05) is 56.2 Å². The van der Waals surface area contributed by atoms with Gasteiger partial charge in [-0.1, -0.05) is 0 Å². The first-order valence-corrected chi connectivity index (χ1v) is 11.7. The maximum atomic E-state index is 14.0. The van der Waals surface area contributed by atoms with E-state index in [1.807, 2.05) is 17.0 Å². The number of morpholine rings is 1. The highest BCUT2D eigenvalue weighted by Crippen LogP contribution is 2.40. The van der Waals surface area contributed by atoms with Crippen LogP contribution in [0.2, 0.25) is 0 Å². The maximum absolute atomic E-state index is 14.0. The monoisotopic (exact) mass is 469 g/mol. The van der Waals surface area contributed by atoms with E-state index in [2.05, 4.69) is 10.2 Å². The number of aliphatic hydroxyl groups excluding tert-OH is 1. The second-order valence-corrected chi connectivity index (χ2v) is 8.86. The van der Waals surface area contributed by atoms with Crippen molar-refractivity contribution in [1.29, 1.82) is 0 Å². The number of aliphatic hydroxyl groups is 1. The fourth-order valence-electron chi connectivity index (χ4n) is 4.96. The molecule has 2 aliphatic heterocycles. The Hall–Kier alpha value is -2.88. The SMILES string of the molecule is CNCC(O)c1cc(C2CCCN2c2cc(F)cc(F)c2)c2nc(N3CCOCC3)cnc2c1. The predicted molar refractivity (Wildman–Crippen MR) is 127 cm³/mol. The lowest BCUT2D eigenvalue weighted by atomic mass is 9.97. The molecule has 180 valence electrons. The fraction of sp³-hybridized carbons (Fsp3) is 0.440. The van der Waals surface area contributed by atoms with Gasteiger partial charge in [-0.25, -0.2) is 13.8 Å². The lowest BCUT2D eigenvalue weighted by Crippen LogP contribution is -2.36. The average Bonchev–Trinajstić information content (AvgIpc) is 3.33. The number of aromatic nitrogens is 2. The van der Waals surface area contributed by atoms with E-state index in [4.69, 9.17) is 14.7 Å². The second kappa shape index (κ2) is 9.77. The van der Waals surface area contributed by atoms with Crippen LogP contribution in [-0.4, -0.2) is 61.5 Å². The van der Waals surface area contributed by atoms with Crippen molar-refractivity contribution in [3.05, 3.63) is 59.3 Å². The Labute approximate surface area is 197 Å². The number of fused-ring (bicyclic) bond motifs is 1. The summed E-state index contributed by atoms with van der Waals surface area (Å²) in [5, 5.41) is 13.7. The van der Waals surface area contributed by atoms with Gasteiger partial charge in [-0.05, 0) is 49.7 Å². The molecule has 0 spiro atoms. The zero-order chi connectivity index (χ0) is 23.7. The van der Waals surface area contributed by atoms with Gasteiger partial charge in [0.15, 0.2) is 0 Å². The van der Waals surface area contributed by atoms with Crippen LogP contribution >= 0.6 is 0 Å². The van der Waals surface area contributed by atoms with Crippen LogP contribution in [0.25, 0.3) is 11.0 Å². The van der Waals surface area contributed by atoms with Gasteiger partial charge in [-0.15, -0.1) is 0 Å². The second-order valence-electron chi connectivity index (χ2n) is 8.86. The standard InChI is InChI=1S/C25H29F2N5O2/c1-28-14-23(33)16-9-20(22-3-2-4-32(22)19-12-17(26)11-18(27)13-19)25-21(10-16)29-15-24(30-25)31-5-7-34-8-6-31/h9-13,15,22-23,28,33H,2-8,14H2,1H3. The van der Waals surface area contributed by atoms with Crippen molar-refractivity contribution in [2.24, 2.45) is 0 Å². The summed E-state index contributed by atoms with van der Waals surface area (Å²) in [7, 11) is 1.79. The number of rotatable bonds is 6. The van der Waals surface area contributed by atoms with E-state index in [0.717, 1.165) is 54.5 Å². The molecule has 1 aromatic heterocycles. The van der Waals surface area contributed by atoms with Crippen LogP contribution in [0, 0.1) is 11.6 Å². The minimum atomic E-state index is -0.713. The maximum Gasteiger partial charge on any atom is 0.148 e. The Balaban J connectivity index is 1.62. The first-order valence-electron chi connectivity index (χ1n) is 11.7. The number of halogens is 2. The molecule has 7 nitrogen and oxygen atoms in total. The molecule has 34 heavy (non-hydrogen) atoms. The third-order valence-electron chi connectivity index (χ3n) is 6.60. The normalized spacial score (nSPS) is 19.7. The minimum absolute atomic E-state index is 0.139. The largest absolute Gasteiger partial charge is 0.387 e. The van der Waals surface area contributed by atoms with Gasteiger partial charge in [-0.3, -0.25) is 4.98 Å². The van der Waals surface area contributed by atoms with Crippen molar-refractivity contribution in [3.8, 4) is 0 Å². The quantitative estimate of drug-likeness (QED) is 0.574. The Morgan fingerprint density at radius 1 is 1.12 bits per heavy atom. The predicted octanol–water partition coefficient (Wildman–Crippen LogP) is 3.34. The molecule has 9 heteroatoms. The van der Waals surface area contributed by atoms with Crippen LogP contribution in [0.5, 0.6) is 0 Å². The number of likely N-dealkylation sites (N-methyl/N-ethyl adjacent to an activating group) is 1. The molecule has 2 atom stereocenters. The van der Waals surface area contributed by atoms with E-state index in [-0.39, 0.29) is 6.04 Å². The van der Waals surface area contributed by atoms with E-state index in [1.165, 1.54) is 12.1 Å². The molecule has 2 saturated heterocycles.